The van der Waals surface area contributed by atoms with E-state index in [1.807, 2.05) is 24.3 Å². The molecule has 124 valence electrons. The summed E-state index contributed by atoms with van der Waals surface area (Å²) in [6.45, 7) is 0. The first kappa shape index (κ1) is 16.4. The second kappa shape index (κ2) is 6.57. The Balaban J connectivity index is 2.34. The van der Waals surface area contributed by atoms with Crippen molar-refractivity contribution >= 4 is 26.9 Å². The number of hydrogen-bond acceptors (Lipinski definition) is 5. The molecular weight excluding hydrogens is 376 g/mol. The highest BCUT2D eigenvalue weighted by Gasteiger charge is 2.20. The quantitative estimate of drug-likeness (QED) is 0.666. The van der Waals surface area contributed by atoms with Gasteiger partial charge in [-0.15, -0.1) is 0 Å². The lowest BCUT2D eigenvalue weighted by atomic mass is 10.1. The van der Waals surface area contributed by atoms with Crippen LogP contribution < -0.4 is 19.6 Å². The van der Waals surface area contributed by atoms with Crippen molar-refractivity contribution in [3.05, 3.63) is 51.1 Å². The fraction of sp³-hybridized carbons (Fsp3) is 0.167. The summed E-state index contributed by atoms with van der Waals surface area (Å²) >= 11 is 3.42. The van der Waals surface area contributed by atoms with E-state index in [4.69, 9.17) is 18.6 Å². The van der Waals surface area contributed by atoms with E-state index < -0.39 is 0 Å². The molecule has 0 N–H and O–H groups in total. The Morgan fingerprint density at radius 3 is 2.33 bits per heavy atom. The topological polar surface area (TPSA) is 57.9 Å². The first-order valence-corrected chi connectivity index (χ1v) is 7.91. The maximum absolute atomic E-state index is 12.7. The van der Waals surface area contributed by atoms with Crippen molar-refractivity contribution in [3.8, 4) is 28.6 Å². The Kier molecular flexibility index (Phi) is 4.49. The molecular formula is C18H15BrO5. The molecule has 0 spiro atoms. The molecule has 1 heterocycles. The van der Waals surface area contributed by atoms with Gasteiger partial charge in [0.2, 0.25) is 5.75 Å². The van der Waals surface area contributed by atoms with Gasteiger partial charge in [-0.25, -0.2) is 0 Å². The van der Waals surface area contributed by atoms with Gasteiger partial charge in [0.1, 0.15) is 16.7 Å². The van der Waals surface area contributed by atoms with Crippen molar-refractivity contribution in [1.82, 2.24) is 0 Å². The monoisotopic (exact) mass is 390 g/mol. The molecule has 3 aromatic rings. The van der Waals surface area contributed by atoms with E-state index in [0.717, 1.165) is 10.0 Å². The Bertz CT molecular complexity index is 962. The van der Waals surface area contributed by atoms with Crippen LogP contribution in [-0.4, -0.2) is 21.3 Å². The van der Waals surface area contributed by atoms with Gasteiger partial charge in [-0.3, -0.25) is 4.79 Å². The molecule has 0 bridgehead atoms. The standard InChI is InChI=1S/C18H15BrO5/c1-21-15-9-14-16(18(23-3)17(15)22-2)12(20)8-13(24-14)10-5-4-6-11(19)7-10/h4-9H,1-3H3. The highest BCUT2D eigenvalue weighted by atomic mass is 79.9. The summed E-state index contributed by atoms with van der Waals surface area (Å²) in [5.74, 6) is 1.54. The van der Waals surface area contributed by atoms with Gasteiger partial charge in [0.05, 0.1) is 21.3 Å². The lowest BCUT2D eigenvalue weighted by molar-refractivity contribution is 0.326. The summed E-state index contributed by atoms with van der Waals surface area (Å²) in [7, 11) is 4.47. The summed E-state index contributed by atoms with van der Waals surface area (Å²) < 4.78 is 22.8. The molecule has 0 aliphatic rings. The van der Waals surface area contributed by atoms with E-state index in [2.05, 4.69) is 15.9 Å². The first-order valence-electron chi connectivity index (χ1n) is 7.11. The number of methoxy groups -OCH3 is 3. The van der Waals surface area contributed by atoms with Gasteiger partial charge in [-0.2, -0.15) is 0 Å². The average Bonchev–Trinajstić information content (AvgIpc) is 2.59. The van der Waals surface area contributed by atoms with Crippen LogP contribution in [-0.2, 0) is 0 Å². The Morgan fingerprint density at radius 2 is 1.71 bits per heavy atom. The van der Waals surface area contributed by atoms with Crippen molar-refractivity contribution in [1.29, 1.82) is 0 Å². The number of rotatable bonds is 4. The zero-order chi connectivity index (χ0) is 17.3. The van der Waals surface area contributed by atoms with Crippen LogP contribution in [0, 0.1) is 0 Å². The molecule has 0 atom stereocenters. The number of ether oxygens (including phenoxy) is 3. The Labute approximate surface area is 146 Å². The van der Waals surface area contributed by atoms with Gasteiger partial charge < -0.3 is 18.6 Å². The zero-order valence-electron chi connectivity index (χ0n) is 13.4. The van der Waals surface area contributed by atoms with Gasteiger partial charge in [-0.1, -0.05) is 28.1 Å². The maximum Gasteiger partial charge on any atom is 0.204 e. The molecule has 0 amide bonds. The van der Waals surface area contributed by atoms with Gasteiger partial charge in [-0.05, 0) is 12.1 Å². The molecule has 1 aromatic heterocycles. The van der Waals surface area contributed by atoms with Crippen molar-refractivity contribution in [3.63, 3.8) is 0 Å². The van der Waals surface area contributed by atoms with E-state index in [0.29, 0.717) is 34.0 Å². The maximum atomic E-state index is 12.7. The minimum absolute atomic E-state index is 0.218. The van der Waals surface area contributed by atoms with Crippen LogP contribution in [0.2, 0.25) is 0 Å². The molecule has 0 radical (unpaired) electrons. The normalized spacial score (nSPS) is 10.7. The van der Waals surface area contributed by atoms with Crippen molar-refractivity contribution in [2.75, 3.05) is 21.3 Å². The van der Waals surface area contributed by atoms with E-state index in [1.54, 1.807) is 6.07 Å². The van der Waals surface area contributed by atoms with E-state index in [9.17, 15) is 4.79 Å². The molecule has 0 fully saturated rings. The number of benzene rings is 2. The van der Waals surface area contributed by atoms with Crippen LogP contribution in [0.1, 0.15) is 0 Å². The Hall–Kier alpha value is -2.47. The van der Waals surface area contributed by atoms with Gasteiger partial charge in [0, 0.05) is 22.2 Å². The molecule has 5 nitrogen and oxygen atoms in total. The summed E-state index contributed by atoms with van der Waals surface area (Å²) in [4.78, 5) is 12.7. The second-order valence-electron chi connectivity index (χ2n) is 5.00. The lowest BCUT2D eigenvalue weighted by Gasteiger charge is -2.14. The minimum atomic E-state index is -0.218. The van der Waals surface area contributed by atoms with E-state index in [1.165, 1.54) is 27.4 Å². The fourth-order valence-corrected chi connectivity index (χ4v) is 2.97. The minimum Gasteiger partial charge on any atom is -0.493 e. The predicted octanol–water partition coefficient (Wildman–Crippen LogP) is 4.25. The summed E-state index contributed by atoms with van der Waals surface area (Å²) in [5, 5.41) is 0.314. The Morgan fingerprint density at radius 1 is 0.958 bits per heavy atom. The summed E-state index contributed by atoms with van der Waals surface area (Å²) in [6.07, 6.45) is 0. The van der Waals surface area contributed by atoms with Gasteiger partial charge in [0.25, 0.3) is 0 Å². The van der Waals surface area contributed by atoms with Gasteiger partial charge in [0.15, 0.2) is 16.9 Å². The largest absolute Gasteiger partial charge is 0.493 e. The van der Waals surface area contributed by atoms with Crippen molar-refractivity contribution in [2.24, 2.45) is 0 Å². The predicted molar refractivity (Wildman–Crippen MR) is 95.3 cm³/mol. The van der Waals surface area contributed by atoms with Crippen LogP contribution in [0.4, 0.5) is 0 Å². The van der Waals surface area contributed by atoms with Crippen molar-refractivity contribution < 1.29 is 18.6 Å². The number of hydrogen-bond donors (Lipinski definition) is 0. The molecule has 3 rings (SSSR count). The van der Waals surface area contributed by atoms with Gasteiger partial charge >= 0.3 is 0 Å². The molecule has 0 saturated heterocycles. The summed E-state index contributed by atoms with van der Waals surface area (Å²) in [6, 6.07) is 10.6. The lowest BCUT2D eigenvalue weighted by Crippen LogP contribution is -2.05. The van der Waals surface area contributed by atoms with E-state index in [-0.39, 0.29) is 5.43 Å². The average molecular weight is 391 g/mol. The zero-order valence-corrected chi connectivity index (χ0v) is 15.0. The number of halogens is 1. The molecule has 24 heavy (non-hydrogen) atoms. The van der Waals surface area contributed by atoms with Crippen LogP contribution in [0.3, 0.4) is 0 Å². The molecule has 0 unspecified atom stereocenters. The molecule has 6 heteroatoms. The highest BCUT2D eigenvalue weighted by Crippen LogP contribution is 2.42. The molecule has 0 aliphatic heterocycles. The van der Waals surface area contributed by atoms with Crippen molar-refractivity contribution in [2.45, 2.75) is 0 Å². The van der Waals surface area contributed by atoms with Crippen LogP contribution in [0.15, 0.2) is 50.1 Å². The third-order valence-electron chi connectivity index (χ3n) is 3.63. The van der Waals surface area contributed by atoms with E-state index >= 15 is 0 Å². The van der Waals surface area contributed by atoms with Crippen LogP contribution in [0.5, 0.6) is 17.2 Å². The van der Waals surface area contributed by atoms with Crippen LogP contribution >= 0.6 is 15.9 Å². The SMILES string of the molecule is COc1cc2oc(-c3cccc(Br)c3)cc(=O)c2c(OC)c1OC. The highest BCUT2D eigenvalue weighted by molar-refractivity contribution is 9.10. The second-order valence-corrected chi connectivity index (χ2v) is 5.92. The molecule has 0 aliphatic carbocycles. The number of fused-ring (bicyclic) bond motifs is 1. The molecule has 0 saturated carbocycles. The first-order chi connectivity index (χ1) is 11.6. The fourth-order valence-electron chi connectivity index (χ4n) is 2.57. The smallest absolute Gasteiger partial charge is 0.204 e. The van der Waals surface area contributed by atoms with Crippen LogP contribution in [0.25, 0.3) is 22.3 Å². The summed E-state index contributed by atoms with van der Waals surface area (Å²) in [5.41, 5.74) is 0.938. The third kappa shape index (κ3) is 2.73. The molecule has 2 aromatic carbocycles. The third-order valence-corrected chi connectivity index (χ3v) is 4.12.